The monoisotopic (exact) mass is 350 g/mol. The highest BCUT2D eigenvalue weighted by molar-refractivity contribution is 5.94. The molecule has 0 saturated heterocycles. The maximum absolute atomic E-state index is 12.1. The molecule has 3 heteroatoms. The summed E-state index contributed by atoms with van der Waals surface area (Å²) in [6.07, 6.45) is 5.71. The summed E-state index contributed by atoms with van der Waals surface area (Å²) in [5, 5.41) is 3.03. The van der Waals surface area contributed by atoms with Crippen molar-refractivity contribution in [3.05, 3.63) is 71.3 Å². The number of hydrogen-bond donors (Lipinski definition) is 1. The van der Waals surface area contributed by atoms with Crippen LogP contribution in [0, 0.1) is 0 Å². The number of nitrogens with zero attached hydrogens (tertiary/aromatic N) is 1. The molecule has 2 aromatic carbocycles. The zero-order valence-corrected chi connectivity index (χ0v) is 15.8. The van der Waals surface area contributed by atoms with E-state index in [1.54, 1.807) is 0 Å². The molecule has 0 atom stereocenters. The van der Waals surface area contributed by atoms with E-state index >= 15 is 0 Å². The zero-order valence-electron chi connectivity index (χ0n) is 15.8. The second kappa shape index (κ2) is 9.54. The quantitative estimate of drug-likeness (QED) is 0.691. The largest absolute Gasteiger partial charge is 0.352 e. The molecule has 0 bridgehead atoms. The van der Waals surface area contributed by atoms with E-state index in [4.69, 9.17) is 0 Å². The van der Waals surface area contributed by atoms with Crippen molar-refractivity contribution in [3.8, 4) is 0 Å². The number of nitrogens with one attached hydrogen (secondary N) is 1. The van der Waals surface area contributed by atoms with Crippen LogP contribution in [-0.2, 0) is 12.8 Å². The number of rotatable bonds is 9. The van der Waals surface area contributed by atoms with E-state index in [2.05, 4.69) is 41.4 Å². The van der Waals surface area contributed by atoms with Gasteiger partial charge in [-0.1, -0.05) is 49.4 Å². The van der Waals surface area contributed by atoms with Crippen LogP contribution in [0.4, 0.5) is 0 Å². The van der Waals surface area contributed by atoms with Crippen LogP contribution in [-0.4, -0.2) is 36.5 Å². The number of benzene rings is 2. The molecular formula is C23H30N2O. The Balaban J connectivity index is 1.40. The summed E-state index contributed by atoms with van der Waals surface area (Å²) in [6, 6.07) is 18.9. The first-order chi connectivity index (χ1) is 12.8. The molecule has 0 fully saturated rings. The van der Waals surface area contributed by atoms with Crippen LogP contribution in [0.5, 0.6) is 0 Å². The van der Waals surface area contributed by atoms with Gasteiger partial charge in [0.05, 0.1) is 0 Å². The fraction of sp³-hybridized carbons (Fsp3) is 0.435. The molecule has 1 N–H and O–H groups in total. The van der Waals surface area contributed by atoms with E-state index < -0.39 is 0 Å². The predicted molar refractivity (Wildman–Crippen MR) is 108 cm³/mol. The van der Waals surface area contributed by atoms with Crippen molar-refractivity contribution >= 4 is 5.91 Å². The molecule has 0 aliphatic heterocycles. The molecule has 2 aromatic rings. The van der Waals surface area contributed by atoms with E-state index in [0.29, 0.717) is 6.04 Å². The number of fused-ring (bicyclic) bond motifs is 1. The number of amides is 1. The number of unbranched alkanes of at least 4 members (excludes halogenated alkanes) is 1. The molecule has 0 spiro atoms. The van der Waals surface area contributed by atoms with Gasteiger partial charge in [-0.2, -0.15) is 0 Å². The third-order valence-corrected chi connectivity index (χ3v) is 5.25. The Bertz CT molecular complexity index is 673. The lowest BCUT2D eigenvalue weighted by atomic mass is 10.1. The molecule has 0 radical (unpaired) electrons. The molecule has 1 aliphatic rings. The summed E-state index contributed by atoms with van der Waals surface area (Å²) in [6.45, 7) is 5.29. The average molecular weight is 351 g/mol. The number of carbonyl (C=O) groups excluding carboxylic acids is 1. The summed E-state index contributed by atoms with van der Waals surface area (Å²) in [5.41, 5.74) is 3.78. The van der Waals surface area contributed by atoms with Crippen LogP contribution in [0.25, 0.3) is 0 Å². The lowest BCUT2D eigenvalue weighted by Gasteiger charge is -2.28. The Labute approximate surface area is 157 Å². The summed E-state index contributed by atoms with van der Waals surface area (Å²) in [4.78, 5) is 14.7. The molecule has 0 saturated carbocycles. The molecule has 26 heavy (non-hydrogen) atoms. The molecule has 0 unspecified atom stereocenters. The van der Waals surface area contributed by atoms with Gasteiger partial charge in [0.15, 0.2) is 0 Å². The molecule has 138 valence electrons. The van der Waals surface area contributed by atoms with Crippen molar-refractivity contribution in [1.29, 1.82) is 0 Å². The van der Waals surface area contributed by atoms with Crippen molar-refractivity contribution in [2.75, 3.05) is 19.6 Å². The van der Waals surface area contributed by atoms with Crippen LogP contribution in [0.3, 0.4) is 0 Å². The highest BCUT2D eigenvalue weighted by atomic mass is 16.1. The average Bonchev–Trinajstić information content (AvgIpc) is 3.11. The third kappa shape index (κ3) is 4.95. The lowest BCUT2D eigenvalue weighted by molar-refractivity contribution is 0.0952. The molecule has 1 amide bonds. The van der Waals surface area contributed by atoms with Crippen LogP contribution in [0.2, 0.25) is 0 Å². The first kappa shape index (κ1) is 18.7. The van der Waals surface area contributed by atoms with E-state index in [9.17, 15) is 4.79 Å². The Morgan fingerprint density at radius 3 is 2.27 bits per heavy atom. The molecule has 0 heterocycles. The second-order valence-electron chi connectivity index (χ2n) is 7.20. The van der Waals surface area contributed by atoms with Gasteiger partial charge in [0.1, 0.15) is 0 Å². The highest BCUT2D eigenvalue weighted by Crippen LogP contribution is 2.25. The predicted octanol–water partition coefficient (Wildman–Crippen LogP) is 4.08. The normalized spacial score (nSPS) is 13.8. The minimum absolute atomic E-state index is 0.0299. The molecule has 3 nitrogen and oxygen atoms in total. The minimum atomic E-state index is 0.0299. The van der Waals surface area contributed by atoms with Crippen molar-refractivity contribution in [2.24, 2.45) is 0 Å². The Morgan fingerprint density at radius 1 is 0.962 bits per heavy atom. The fourth-order valence-electron chi connectivity index (χ4n) is 3.89. The standard InChI is InChI=1S/C23H30N2O/c1-2-15-25(22-17-20-12-6-7-13-21(20)18-22)16-9-8-14-24-23(26)19-10-4-3-5-11-19/h3-7,10-13,22H,2,8-9,14-18H2,1H3,(H,24,26). The van der Waals surface area contributed by atoms with Crippen molar-refractivity contribution in [2.45, 2.75) is 45.1 Å². The Hall–Kier alpha value is -2.13. The van der Waals surface area contributed by atoms with Crippen LogP contribution < -0.4 is 5.32 Å². The lowest BCUT2D eigenvalue weighted by Crippen LogP contribution is -2.37. The maximum Gasteiger partial charge on any atom is 0.251 e. The van der Waals surface area contributed by atoms with Gasteiger partial charge in [-0.25, -0.2) is 0 Å². The Morgan fingerprint density at radius 2 is 1.62 bits per heavy atom. The van der Waals surface area contributed by atoms with Gasteiger partial charge in [0.25, 0.3) is 5.91 Å². The molecular weight excluding hydrogens is 320 g/mol. The number of carbonyl (C=O) groups is 1. The summed E-state index contributed by atoms with van der Waals surface area (Å²) < 4.78 is 0. The van der Waals surface area contributed by atoms with Gasteiger partial charge in [-0.3, -0.25) is 9.69 Å². The van der Waals surface area contributed by atoms with Crippen LogP contribution >= 0.6 is 0 Å². The first-order valence-corrected chi connectivity index (χ1v) is 9.92. The van der Waals surface area contributed by atoms with Gasteiger partial charge in [-0.05, 0) is 68.5 Å². The SMILES string of the molecule is CCCN(CCCCNC(=O)c1ccccc1)C1Cc2ccccc2C1. The second-order valence-corrected chi connectivity index (χ2v) is 7.20. The van der Waals surface area contributed by atoms with E-state index in [0.717, 1.165) is 38.0 Å². The fourth-order valence-corrected chi connectivity index (χ4v) is 3.89. The van der Waals surface area contributed by atoms with E-state index in [1.807, 2.05) is 30.3 Å². The topological polar surface area (TPSA) is 32.3 Å². The number of hydrogen-bond acceptors (Lipinski definition) is 2. The van der Waals surface area contributed by atoms with Crippen molar-refractivity contribution < 1.29 is 4.79 Å². The maximum atomic E-state index is 12.1. The van der Waals surface area contributed by atoms with Crippen molar-refractivity contribution in [3.63, 3.8) is 0 Å². The molecule has 1 aliphatic carbocycles. The Kier molecular flexibility index (Phi) is 6.84. The van der Waals surface area contributed by atoms with Gasteiger partial charge >= 0.3 is 0 Å². The van der Waals surface area contributed by atoms with Gasteiger partial charge in [0.2, 0.25) is 0 Å². The summed E-state index contributed by atoms with van der Waals surface area (Å²) >= 11 is 0. The summed E-state index contributed by atoms with van der Waals surface area (Å²) in [5.74, 6) is 0.0299. The van der Waals surface area contributed by atoms with E-state index in [1.165, 1.54) is 30.4 Å². The van der Waals surface area contributed by atoms with E-state index in [-0.39, 0.29) is 5.91 Å². The molecule has 0 aromatic heterocycles. The van der Waals surface area contributed by atoms with Crippen molar-refractivity contribution in [1.82, 2.24) is 10.2 Å². The highest BCUT2D eigenvalue weighted by Gasteiger charge is 2.25. The third-order valence-electron chi connectivity index (χ3n) is 5.25. The van der Waals surface area contributed by atoms with Gasteiger partial charge in [-0.15, -0.1) is 0 Å². The molecule has 3 rings (SSSR count). The van der Waals surface area contributed by atoms with Crippen LogP contribution in [0.15, 0.2) is 54.6 Å². The first-order valence-electron chi connectivity index (χ1n) is 9.92. The summed E-state index contributed by atoms with van der Waals surface area (Å²) in [7, 11) is 0. The van der Waals surface area contributed by atoms with Gasteiger partial charge < -0.3 is 5.32 Å². The zero-order chi connectivity index (χ0) is 18.2. The minimum Gasteiger partial charge on any atom is -0.352 e. The van der Waals surface area contributed by atoms with Gasteiger partial charge in [0, 0.05) is 18.2 Å². The van der Waals surface area contributed by atoms with Crippen LogP contribution in [0.1, 0.15) is 47.7 Å². The smallest absolute Gasteiger partial charge is 0.251 e.